The summed E-state index contributed by atoms with van der Waals surface area (Å²) >= 11 is 0. The molecule has 2 heterocycles. The average Bonchev–Trinajstić information content (AvgIpc) is 2.69. The van der Waals surface area contributed by atoms with E-state index in [2.05, 4.69) is 4.99 Å². The molecule has 27 heavy (non-hydrogen) atoms. The number of anilines is 1. The molecule has 0 aliphatic carbocycles. The summed E-state index contributed by atoms with van der Waals surface area (Å²) in [5, 5.41) is 0.854. The van der Waals surface area contributed by atoms with Gasteiger partial charge in [-0.15, -0.1) is 0 Å². The Bertz CT molecular complexity index is 1070. The minimum absolute atomic E-state index is 0.00679. The highest BCUT2D eigenvalue weighted by molar-refractivity contribution is 5.93. The molecular formula is C21H18F2N4. The van der Waals surface area contributed by atoms with Crippen molar-refractivity contribution in [3.05, 3.63) is 66.1 Å². The predicted molar refractivity (Wildman–Crippen MR) is 104 cm³/mol. The Balaban J connectivity index is 1.90. The fraction of sp³-hybridized carbons (Fsp3) is 0.190. The van der Waals surface area contributed by atoms with Gasteiger partial charge in [-0.1, -0.05) is 12.1 Å². The molecule has 1 atom stereocenters. The van der Waals surface area contributed by atoms with E-state index in [-0.39, 0.29) is 11.5 Å². The van der Waals surface area contributed by atoms with E-state index in [1.807, 2.05) is 37.4 Å². The Kier molecular flexibility index (Phi) is 4.39. The lowest BCUT2D eigenvalue weighted by Gasteiger charge is -2.18. The van der Waals surface area contributed by atoms with Gasteiger partial charge in [0.1, 0.15) is 23.3 Å². The summed E-state index contributed by atoms with van der Waals surface area (Å²) in [6.45, 7) is 0. The second-order valence-corrected chi connectivity index (χ2v) is 6.68. The van der Waals surface area contributed by atoms with Crippen LogP contribution in [-0.2, 0) is 0 Å². The van der Waals surface area contributed by atoms with E-state index >= 15 is 0 Å². The van der Waals surface area contributed by atoms with Crippen LogP contribution in [0.2, 0.25) is 0 Å². The topological polar surface area (TPSA) is 41.4 Å². The van der Waals surface area contributed by atoms with Crippen LogP contribution in [0.1, 0.15) is 18.2 Å². The van der Waals surface area contributed by atoms with Gasteiger partial charge in [0.15, 0.2) is 0 Å². The van der Waals surface area contributed by atoms with Crippen molar-refractivity contribution in [3.63, 3.8) is 0 Å². The molecule has 0 bridgehead atoms. The molecule has 4 rings (SSSR count). The van der Waals surface area contributed by atoms with Gasteiger partial charge in [0.25, 0.3) is 0 Å². The maximum absolute atomic E-state index is 14.2. The molecule has 0 saturated heterocycles. The van der Waals surface area contributed by atoms with Crippen molar-refractivity contribution in [1.82, 2.24) is 9.97 Å². The highest BCUT2D eigenvalue weighted by Gasteiger charge is 2.18. The lowest BCUT2D eigenvalue weighted by molar-refractivity contribution is 0.603. The SMILES string of the molecule is CN(C)c1nc(C2C=NC=CC2)nc2cc(-c3cc(F)ccc3F)ccc12. The molecule has 2 aromatic carbocycles. The third-order valence-corrected chi connectivity index (χ3v) is 4.54. The molecule has 0 spiro atoms. The van der Waals surface area contributed by atoms with E-state index in [9.17, 15) is 8.78 Å². The van der Waals surface area contributed by atoms with Crippen molar-refractivity contribution in [3.8, 4) is 11.1 Å². The third-order valence-electron chi connectivity index (χ3n) is 4.54. The van der Waals surface area contributed by atoms with Crippen molar-refractivity contribution in [1.29, 1.82) is 0 Å². The van der Waals surface area contributed by atoms with Gasteiger partial charge < -0.3 is 4.90 Å². The van der Waals surface area contributed by atoms with Gasteiger partial charge in [-0.05, 0) is 42.3 Å². The summed E-state index contributed by atoms with van der Waals surface area (Å²) in [7, 11) is 3.83. The fourth-order valence-electron chi connectivity index (χ4n) is 3.18. The van der Waals surface area contributed by atoms with E-state index in [0.717, 1.165) is 29.8 Å². The smallest absolute Gasteiger partial charge is 0.140 e. The van der Waals surface area contributed by atoms with Gasteiger partial charge in [-0.3, -0.25) is 4.99 Å². The zero-order chi connectivity index (χ0) is 19.0. The lowest BCUT2D eigenvalue weighted by atomic mass is 10.0. The van der Waals surface area contributed by atoms with E-state index in [0.29, 0.717) is 16.9 Å². The zero-order valence-corrected chi connectivity index (χ0v) is 15.0. The summed E-state index contributed by atoms with van der Waals surface area (Å²) in [6, 6.07) is 8.84. The average molecular weight is 364 g/mol. The first-order valence-corrected chi connectivity index (χ1v) is 8.65. The standard InChI is InChI=1S/C21H18F2N4/c1-27(2)21-16-7-5-13(17-11-15(22)6-8-18(17)23)10-19(16)25-20(26-21)14-4-3-9-24-12-14/h3,5-12,14H,4H2,1-2H3. The van der Waals surface area contributed by atoms with E-state index < -0.39 is 11.6 Å². The Hall–Kier alpha value is -3.15. The van der Waals surface area contributed by atoms with Gasteiger partial charge in [-0.25, -0.2) is 18.7 Å². The molecule has 1 aromatic heterocycles. The van der Waals surface area contributed by atoms with Crippen LogP contribution in [0.3, 0.4) is 0 Å². The molecule has 6 heteroatoms. The van der Waals surface area contributed by atoms with Crippen LogP contribution in [0, 0.1) is 11.6 Å². The molecule has 0 radical (unpaired) electrons. The first-order valence-electron chi connectivity index (χ1n) is 8.65. The van der Waals surface area contributed by atoms with E-state index in [1.165, 1.54) is 6.07 Å². The summed E-state index contributed by atoms with van der Waals surface area (Å²) in [5.74, 6) is 0.490. The molecular weight excluding hydrogens is 346 g/mol. The van der Waals surface area contributed by atoms with Gasteiger partial charge >= 0.3 is 0 Å². The number of hydrogen-bond acceptors (Lipinski definition) is 4. The van der Waals surface area contributed by atoms with Crippen LogP contribution in [0.25, 0.3) is 22.0 Å². The number of allylic oxidation sites excluding steroid dienone is 1. The molecule has 3 aromatic rings. The Labute approximate surface area is 155 Å². The Morgan fingerprint density at radius 1 is 1.04 bits per heavy atom. The Morgan fingerprint density at radius 2 is 1.89 bits per heavy atom. The number of benzene rings is 2. The minimum atomic E-state index is -0.478. The highest BCUT2D eigenvalue weighted by atomic mass is 19.1. The maximum atomic E-state index is 14.2. The number of hydrogen-bond donors (Lipinski definition) is 0. The molecule has 136 valence electrons. The minimum Gasteiger partial charge on any atom is -0.362 e. The molecule has 1 unspecified atom stereocenters. The zero-order valence-electron chi connectivity index (χ0n) is 15.0. The van der Waals surface area contributed by atoms with Gasteiger partial charge in [0, 0.05) is 37.5 Å². The van der Waals surface area contributed by atoms with Crippen molar-refractivity contribution in [2.24, 2.45) is 4.99 Å². The van der Waals surface area contributed by atoms with Gasteiger partial charge in [0.05, 0.1) is 11.4 Å². The van der Waals surface area contributed by atoms with Crippen molar-refractivity contribution in [2.45, 2.75) is 12.3 Å². The quantitative estimate of drug-likeness (QED) is 0.676. The van der Waals surface area contributed by atoms with Crippen LogP contribution in [-0.4, -0.2) is 30.3 Å². The van der Waals surface area contributed by atoms with Crippen LogP contribution < -0.4 is 4.90 Å². The number of rotatable bonds is 3. The lowest BCUT2D eigenvalue weighted by Crippen LogP contribution is -2.15. The van der Waals surface area contributed by atoms with Gasteiger partial charge in [-0.2, -0.15) is 0 Å². The highest BCUT2D eigenvalue weighted by Crippen LogP contribution is 2.31. The molecule has 1 aliphatic rings. The molecule has 0 saturated carbocycles. The second-order valence-electron chi connectivity index (χ2n) is 6.68. The normalized spacial score (nSPS) is 16.1. The molecule has 0 amide bonds. The number of aromatic nitrogens is 2. The van der Waals surface area contributed by atoms with Crippen LogP contribution in [0.15, 0.2) is 53.7 Å². The summed E-state index contributed by atoms with van der Waals surface area (Å²) in [6.07, 6.45) is 6.35. The van der Waals surface area contributed by atoms with Crippen molar-refractivity contribution >= 4 is 22.9 Å². The predicted octanol–water partition coefficient (Wildman–Crippen LogP) is 4.71. The van der Waals surface area contributed by atoms with Crippen LogP contribution >= 0.6 is 0 Å². The first kappa shape index (κ1) is 17.3. The number of halogens is 2. The largest absolute Gasteiger partial charge is 0.362 e. The van der Waals surface area contributed by atoms with Crippen LogP contribution in [0.5, 0.6) is 0 Å². The number of fused-ring (bicyclic) bond motifs is 1. The molecule has 0 fully saturated rings. The van der Waals surface area contributed by atoms with E-state index in [4.69, 9.17) is 9.97 Å². The van der Waals surface area contributed by atoms with Gasteiger partial charge in [0.2, 0.25) is 0 Å². The second kappa shape index (κ2) is 6.87. The summed E-state index contributed by atoms with van der Waals surface area (Å²) in [4.78, 5) is 15.5. The molecule has 1 aliphatic heterocycles. The first-order chi connectivity index (χ1) is 13.0. The molecule has 4 nitrogen and oxygen atoms in total. The van der Waals surface area contributed by atoms with Crippen molar-refractivity contribution in [2.75, 3.05) is 19.0 Å². The number of aliphatic imine (C=N–C) groups is 1. The number of nitrogens with zero attached hydrogens (tertiary/aromatic N) is 4. The Morgan fingerprint density at radius 3 is 2.63 bits per heavy atom. The maximum Gasteiger partial charge on any atom is 0.140 e. The van der Waals surface area contributed by atoms with E-state index in [1.54, 1.807) is 18.3 Å². The fourth-order valence-corrected chi connectivity index (χ4v) is 3.18. The molecule has 0 N–H and O–H groups in total. The van der Waals surface area contributed by atoms with Crippen molar-refractivity contribution < 1.29 is 8.78 Å². The summed E-state index contributed by atoms with van der Waals surface area (Å²) in [5.41, 5.74) is 1.48. The third kappa shape index (κ3) is 3.30. The van der Waals surface area contributed by atoms with Crippen LogP contribution in [0.4, 0.5) is 14.6 Å². The monoisotopic (exact) mass is 364 g/mol. The summed E-state index contributed by atoms with van der Waals surface area (Å²) < 4.78 is 27.8.